The van der Waals surface area contributed by atoms with Crippen LogP contribution < -0.4 is 5.32 Å². The van der Waals surface area contributed by atoms with Crippen LogP contribution in [0.15, 0.2) is 66.7 Å². The summed E-state index contributed by atoms with van der Waals surface area (Å²) in [7, 11) is 0. The topological polar surface area (TPSA) is 29.1 Å². The average molecular weight is 333 g/mol. The first-order valence-electron chi connectivity index (χ1n) is 8.84. The normalized spacial score (nSPS) is 12.2. The first kappa shape index (κ1) is 13.9. The third-order valence-electron chi connectivity index (χ3n) is 5.56. The van der Waals surface area contributed by atoms with Crippen molar-refractivity contribution in [3.63, 3.8) is 0 Å². The fraction of sp³-hybridized carbons (Fsp3) is 0.0417. The van der Waals surface area contributed by atoms with Crippen LogP contribution in [0.2, 0.25) is 0 Å². The SMILES string of the molecule is CC(=O)Nc1cc2c3c(cc4cccc5ccc1c3c54)-c1ccccc1-2. The summed E-state index contributed by atoms with van der Waals surface area (Å²) < 4.78 is 0. The number of anilines is 1. The molecule has 5 aromatic rings. The van der Waals surface area contributed by atoms with Crippen molar-refractivity contribution in [2.75, 3.05) is 5.32 Å². The van der Waals surface area contributed by atoms with Gasteiger partial charge >= 0.3 is 0 Å². The molecule has 0 aliphatic heterocycles. The van der Waals surface area contributed by atoms with Crippen LogP contribution in [0.3, 0.4) is 0 Å². The van der Waals surface area contributed by atoms with Crippen LogP contribution in [-0.2, 0) is 4.79 Å². The minimum Gasteiger partial charge on any atom is -0.326 e. The first-order chi connectivity index (χ1) is 12.7. The van der Waals surface area contributed by atoms with Crippen molar-refractivity contribution >= 4 is 43.9 Å². The second kappa shape index (κ2) is 4.61. The van der Waals surface area contributed by atoms with Gasteiger partial charge in [0.05, 0.1) is 0 Å². The molecule has 6 rings (SSSR count). The summed E-state index contributed by atoms with van der Waals surface area (Å²) in [5.74, 6) is -0.0428. The highest BCUT2D eigenvalue weighted by Crippen LogP contribution is 2.53. The zero-order valence-corrected chi connectivity index (χ0v) is 14.3. The van der Waals surface area contributed by atoms with E-state index in [4.69, 9.17) is 0 Å². The lowest BCUT2D eigenvalue weighted by Gasteiger charge is -2.16. The van der Waals surface area contributed by atoms with Gasteiger partial charge in [0.2, 0.25) is 5.91 Å². The van der Waals surface area contributed by atoms with Gasteiger partial charge in [-0.05, 0) is 55.9 Å². The molecule has 2 nitrogen and oxygen atoms in total. The highest BCUT2D eigenvalue weighted by Gasteiger charge is 2.25. The number of carbonyl (C=O) groups is 1. The second-order valence-corrected chi connectivity index (χ2v) is 7.06. The Bertz CT molecular complexity index is 1380. The molecule has 0 unspecified atom stereocenters. The van der Waals surface area contributed by atoms with E-state index in [2.05, 4.69) is 72.0 Å². The van der Waals surface area contributed by atoms with E-state index in [0.717, 1.165) is 11.1 Å². The molecule has 2 heteroatoms. The number of nitrogens with one attached hydrogen (secondary N) is 1. The molecular formula is C24H15NO. The van der Waals surface area contributed by atoms with Crippen LogP contribution in [0.4, 0.5) is 5.69 Å². The molecule has 0 fully saturated rings. The monoisotopic (exact) mass is 333 g/mol. The Morgan fingerprint density at radius 1 is 0.692 bits per heavy atom. The summed E-state index contributed by atoms with van der Waals surface area (Å²) in [5.41, 5.74) is 5.91. The van der Waals surface area contributed by atoms with E-state index >= 15 is 0 Å². The molecule has 122 valence electrons. The molecule has 0 saturated heterocycles. The Labute approximate surface area is 150 Å². The zero-order chi connectivity index (χ0) is 17.4. The molecule has 0 saturated carbocycles. The molecule has 0 spiro atoms. The predicted octanol–water partition coefficient (Wildman–Crippen LogP) is 6.19. The molecule has 1 aliphatic rings. The van der Waals surface area contributed by atoms with Crippen LogP contribution in [0.1, 0.15) is 6.92 Å². The van der Waals surface area contributed by atoms with Crippen molar-refractivity contribution in [2.24, 2.45) is 0 Å². The Morgan fingerprint density at radius 2 is 1.42 bits per heavy atom. The standard InChI is InChI=1S/C24H15NO/c1-13(26)25-21-12-20-17-8-3-2-7-16(17)19-11-15-6-4-5-14-9-10-18(21)24(22(14)15)23(19)20/h2-12H,1H3,(H,25,26). The second-order valence-electron chi connectivity index (χ2n) is 7.06. The molecule has 1 amide bonds. The average Bonchev–Trinajstić information content (AvgIpc) is 2.96. The highest BCUT2D eigenvalue weighted by atomic mass is 16.1. The largest absolute Gasteiger partial charge is 0.326 e. The van der Waals surface area contributed by atoms with Crippen LogP contribution in [0.25, 0.3) is 54.6 Å². The van der Waals surface area contributed by atoms with E-state index < -0.39 is 0 Å². The van der Waals surface area contributed by atoms with Gasteiger partial charge in [0.1, 0.15) is 0 Å². The molecule has 0 aromatic heterocycles. The summed E-state index contributed by atoms with van der Waals surface area (Å²) >= 11 is 0. The van der Waals surface area contributed by atoms with Crippen molar-refractivity contribution in [3.05, 3.63) is 66.7 Å². The fourth-order valence-corrected chi connectivity index (χ4v) is 4.62. The van der Waals surface area contributed by atoms with E-state index in [-0.39, 0.29) is 5.91 Å². The molecule has 0 bridgehead atoms. The maximum absolute atomic E-state index is 11.8. The predicted molar refractivity (Wildman–Crippen MR) is 109 cm³/mol. The number of rotatable bonds is 1. The van der Waals surface area contributed by atoms with Gasteiger partial charge in [0.15, 0.2) is 0 Å². The van der Waals surface area contributed by atoms with Crippen LogP contribution in [0, 0.1) is 0 Å². The molecule has 0 radical (unpaired) electrons. The van der Waals surface area contributed by atoms with Crippen LogP contribution in [0.5, 0.6) is 0 Å². The Morgan fingerprint density at radius 3 is 2.19 bits per heavy atom. The summed E-state index contributed by atoms with van der Waals surface area (Å²) in [5, 5.41) is 10.5. The molecule has 5 aromatic carbocycles. The Hall–Kier alpha value is -3.39. The van der Waals surface area contributed by atoms with Crippen LogP contribution >= 0.6 is 0 Å². The highest BCUT2D eigenvalue weighted by molar-refractivity contribution is 6.34. The number of amides is 1. The maximum atomic E-state index is 11.8. The molecule has 0 heterocycles. The minimum atomic E-state index is -0.0428. The van der Waals surface area contributed by atoms with Crippen molar-refractivity contribution < 1.29 is 4.79 Å². The number of benzene rings is 5. The Kier molecular flexibility index (Phi) is 2.46. The number of hydrogen-bond acceptors (Lipinski definition) is 1. The molecule has 26 heavy (non-hydrogen) atoms. The summed E-state index contributed by atoms with van der Waals surface area (Å²) in [6.07, 6.45) is 0. The first-order valence-corrected chi connectivity index (χ1v) is 8.84. The number of carbonyl (C=O) groups excluding carboxylic acids is 1. The van der Waals surface area contributed by atoms with E-state index in [1.807, 2.05) is 0 Å². The minimum absolute atomic E-state index is 0.0428. The van der Waals surface area contributed by atoms with E-state index in [1.54, 1.807) is 6.92 Å². The van der Waals surface area contributed by atoms with Crippen molar-refractivity contribution in [1.82, 2.24) is 0 Å². The van der Waals surface area contributed by atoms with Gasteiger partial charge in [0.25, 0.3) is 0 Å². The molecule has 1 aliphatic carbocycles. The van der Waals surface area contributed by atoms with E-state index in [1.165, 1.54) is 49.2 Å². The van der Waals surface area contributed by atoms with Gasteiger partial charge in [-0.2, -0.15) is 0 Å². The summed E-state index contributed by atoms with van der Waals surface area (Å²) in [6, 6.07) is 23.8. The molecular weight excluding hydrogens is 318 g/mol. The smallest absolute Gasteiger partial charge is 0.221 e. The quantitative estimate of drug-likeness (QED) is 0.357. The summed E-state index contributed by atoms with van der Waals surface area (Å²) in [6.45, 7) is 1.57. The van der Waals surface area contributed by atoms with Crippen LogP contribution in [-0.4, -0.2) is 5.91 Å². The third kappa shape index (κ3) is 1.59. The van der Waals surface area contributed by atoms with Gasteiger partial charge in [-0.25, -0.2) is 0 Å². The van der Waals surface area contributed by atoms with Crippen molar-refractivity contribution in [2.45, 2.75) is 6.92 Å². The van der Waals surface area contributed by atoms with E-state index in [0.29, 0.717) is 0 Å². The van der Waals surface area contributed by atoms with E-state index in [9.17, 15) is 4.79 Å². The molecule has 0 atom stereocenters. The molecule has 1 N–H and O–H groups in total. The third-order valence-corrected chi connectivity index (χ3v) is 5.56. The Balaban J connectivity index is 1.93. The number of hydrogen-bond donors (Lipinski definition) is 1. The zero-order valence-electron chi connectivity index (χ0n) is 14.3. The maximum Gasteiger partial charge on any atom is 0.221 e. The lowest BCUT2D eigenvalue weighted by molar-refractivity contribution is -0.114. The van der Waals surface area contributed by atoms with Crippen molar-refractivity contribution in [3.8, 4) is 22.3 Å². The lowest BCUT2D eigenvalue weighted by atomic mass is 9.90. The summed E-state index contributed by atoms with van der Waals surface area (Å²) in [4.78, 5) is 11.8. The fourth-order valence-electron chi connectivity index (χ4n) is 4.62. The van der Waals surface area contributed by atoms with Gasteiger partial charge in [-0.15, -0.1) is 0 Å². The number of fused-ring (bicyclic) bond motifs is 3. The van der Waals surface area contributed by atoms with Gasteiger partial charge in [0, 0.05) is 23.4 Å². The lowest BCUT2D eigenvalue weighted by Crippen LogP contribution is -2.06. The van der Waals surface area contributed by atoms with Gasteiger partial charge < -0.3 is 5.32 Å². The van der Waals surface area contributed by atoms with Gasteiger partial charge in [-0.3, -0.25) is 4.79 Å². The van der Waals surface area contributed by atoms with Crippen molar-refractivity contribution in [1.29, 1.82) is 0 Å². The van der Waals surface area contributed by atoms with Gasteiger partial charge in [-0.1, -0.05) is 54.6 Å².